The van der Waals surface area contributed by atoms with Gasteiger partial charge in [0.15, 0.2) is 0 Å². The summed E-state index contributed by atoms with van der Waals surface area (Å²) in [5, 5.41) is 0. The van der Waals surface area contributed by atoms with Crippen LogP contribution >= 0.6 is 0 Å². The highest BCUT2D eigenvalue weighted by molar-refractivity contribution is 5.56. The van der Waals surface area contributed by atoms with Crippen molar-refractivity contribution >= 4 is 5.69 Å². The van der Waals surface area contributed by atoms with Crippen molar-refractivity contribution in [2.45, 2.75) is 58.5 Å². The van der Waals surface area contributed by atoms with Crippen molar-refractivity contribution < 1.29 is 0 Å². The number of hydrogen-bond donors (Lipinski definition) is 0. The molecule has 2 aliphatic heterocycles. The number of likely N-dealkylation sites (tertiary alicyclic amines) is 1. The van der Waals surface area contributed by atoms with E-state index in [2.05, 4.69) is 41.8 Å². The first-order valence-corrected chi connectivity index (χ1v) is 8.33. The molecule has 0 spiro atoms. The number of rotatable bonds is 3. The Bertz CT molecular complexity index is 449. The van der Waals surface area contributed by atoms with Crippen molar-refractivity contribution in [3.05, 3.63) is 29.3 Å². The fraction of sp³-hybridized carbons (Fsp3) is 0.667. The van der Waals surface area contributed by atoms with Crippen molar-refractivity contribution in [3.8, 4) is 0 Å². The highest BCUT2D eigenvalue weighted by atomic mass is 15.2. The molecule has 0 aliphatic carbocycles. The Morgan fingerprint density at radius 1 is 1.05 bits per heavy atom. The summed E-state index contributed by atoms with van der Waals surface area (Å²) in [6, 6.07) is 7.66. The maximum absolute atomic E-state index is 2.64. The van der Waals surface area contributed by atoms with Crippen LogP contribution in [0.5, 0.6) is 0 Å². The molecule has 0 bridgehead atoms. The summed E-state index contributed by atoms with van der Waals surface area (Å²) in [5.74, 6) is 0. The molecule has 2 aliphatic rings. The average molecular weight is 272 g/mol. The minimum absolute atomic E-state index is 0.757. The number of hydrogen-bond acceptors (Lipinski definition) is 2. The van der Waals surface area contributed by atoms with E-state index < -0.39 is 0 Å². The maximum Gasteiger partial charge on any atom is 0.0399 e. The molecule has 1 unspecified atom stereocenters. The summed E-state index contributed by atoms with van der Waals surface area (Å²) in [7, 11) is 0. The lowest BCUT2D eigenvalue weighted by Gasteiger charge is -2.31. The van der Waals surface area contributed by atoms with Gasteiger partial charge in [-0.25, -0.2) is 0 Å². The molecule has 0 N–H and O–H groups in total. The van der Waals surface area contributed by atoms with Gasteiger partial charge in [0.05, 0.1) is 0 Å². The highest BCUT2D eigenvalue weighted by Gasteiger charge is 2.21. The Labute approximate surface area is 123 Å². The molecule has 0 saturated carbocycles. The zero-order valence-electron chi connectivity index (χ0n) is 13.1. The van der Waals surface area contributed by atoms with Gasteiger partial charge in [-0.3, -0.25) is 4.90 Å². The standard InChI is InChI=1S/C18H28N2/c1-15-8-7-13-20(15)14-17-9-6-10-18(16(17)2)19-11-4-3-5-12-19/h6,9-10,15H,3-5,7-8,11-14H2,1-2H3. The molecule has 0 radical (unpaired) electrons. The Morgan fingerprint density at radius 3 is 2.55 bits per heavy atom. The normalized spacial score (nSPS) is 24.3. The minimum atomic E-state index is 0.757. The Hall–Kier alpha value is -1.02. The third-order valence-corrected chi connectivity index (χ3v) is 5.18. The highest BCUT2D eigenvalue weighted by Crippen LogP contribution is 2.28. The van der Waals surface area contributed by atoms with Crippen LogP contribution in [0.1, 0.15) is 50.2 Å². The van der Waals surface area contributed by atoms with Crippen LogP contribution < -0.4 is 4.90 Å². The lowest BCUT2D eigenvalue weighted by molar-refractivity contribution is 0.260. The SMILES string of the molecule is Cc1c(CN2CCCC2C)cccc1N1CCCCC1. The van der Waals surface area contributed by atoms with Crippen LogP contribution in [-0.2, 0) is 6.54 Å². The van der Waals surface area contributed by atoms with Crippen LogP contribution in [0.15, 0.2) is 18.2 Å². The van der Waals surface area contributed by atoms with Gasteiger partial charge in [0, 0.05) is 31.4 Å². The molecule has 1 aromatic carbocycles. The van der Waals surface area contributed by atoms with Gasteiger partial charge in [0.1, 0.15) is 0 Å². The molecule has 3 rings (SSSR count). The van der Waals surface area contributed by atoms with Gasteiger partial charge in [-0.2, -0.15) is 0 Å². The van der Waals surface area contributed by atoms with Gasteiger partial charge < -0.3 is 4.90 Å². The number of benzene rings is 1. The summed E-state index contributed by atoms with van der Waals surface area (Å²) in [6.07, 6.45) is 6.84. The number of piperidine rings is 1. The lowest BCUT2D eigenvalue weighted by atomic mass is 10.0. The van der Waals surface area contributed by atoms with Crippen molar-refractivity contribution in [2.75, 3.05) is 24.5 Å². The molecule has 0 aromatic heterocycles. The summed E-state index contributed by atoms with van der Waals surface area (Å²) in [5.41, 5.74) is 4.52. The number of nitrogens with zero attached hydrogens (tertiary/aromatic N) is 2. The van der Waals surface area contributed by atoms with Gasteiger partial charge in [-0.05, 0) is 69.7 Å². The lowest BCUT2D eigenvalue weighted by Crippen LogP contribution is -2.31. The monoisotopic (exact) mass is 272 g/mol. The Kier molecular flexibility index (Phi) is 4.30. The average Bonchev–Trinajstić information content (AvgIpc) is 2.88. The first-order valence-electron chi connectivity index (χ1n) is 8.33. The maximum atomic E-state index is 2.64. The van der Waals surface area contributed by atoms with E-state index in [9.17, 15) is 0 Å². The second-order valence-electron chi connectivity index (χ2n) is 6.57. The zero-order valence-corrected chi connectivity index (χ0v) is 13.1. The van der Waals surface area contributed by atoms with Crippen LogP contribution in [0.2, 0.25) is 0 Å². The molecule has 0 amide bonds. The van der Waals surface area contributed by atoms with Crippen molar-refractivity contribution in [1.29, 1.82) is 0 Å². The summed E-state index contributed by atoms with van der Waals surface area (Å²) in [4.78, 5) is 5.23. The third-order valence-electron chi connectivity index (χ3n) is 5.18. The molecule has 1 aromatic rings. The van der Waals surface area contributed by atoms with Gasteiger partial charge >= 0.3 is 0 Å². The van der Waals surface area contributed by atoms with Crippen molar-refractivity contribution in [3.63, 3.8) is 0 Å². The van der Waals surface area contributed by atoms with Gasteiger partial charge in [0.25, 0.3) is 0 Å². The summed E-state index contributed by atoms with van der Waals surface area (Å²) >= 11 is 0. The molecule has 2 saturated heterocycles. The van der Waals surface area contributed by atoms with Crippen LogP contribution in [0.4, 0.5) is 5.69 Å². The van der Waals surface area contributed by atoms with Crippen molar-refractivity contribution in [2.24, 2.45) is 0 Å². The summed E-state index contributed by atoms with van der Waals surface area (Å²) < 4.78 is 0. The molecule has 2 heterocycles. The third kappa shape index (κ3) is 2.85. The van der Waals surface area contributed by atoms with E-state index in [1.165, 1.54) is 68.6 Å². The van der Waals surface area contributed by atoms with E-state index in [1.54, 1.807) is 0 Å². The van der Waals surface area contributed by atoms with E-state index in [0.717, 1.165) is 12.6 Å². The van der Waals surface area contributed by atoms with Gasteiger partial charge in [0.2, 0.25) is 0 Å². The molecule has 20 heavy (non-hydrogen) atoms. The van der Waals surface area contributed by atoms with E-state index in [-0.39, 0.29) is 0 Å². The predicted octanol–water partition coefficient (Wildman–Crippen LogP) is 3.97. The largest absolute Gasteiger partial charge is 0.371 e. The van der Waals surface area contributed by atoms with E-state index in [4.69, 9.17) is 0 Å². The van der Waals surface area contributed by atoms with E-state index >= 15 is 0 Å². The van der Waals surface area contributed by atoms with Crippen LogP contribution in [0.25, 0.3) is 0 Å². The smallest absolute Gasteiger partial charge is 0.0399 e. The molecular weight excluding hydrogens is 244 g/mol. The molecule has 2 heteroatoms. The first kappa shape index (κ1) is 13.9. The zero-order chi connectivity index (χ0) is 13.9. The fourth-order valence-electron chi connectivity index (χ4n) is 3.77. The topological polar surface area (TPSA) is 6.48 Å². The molecular formula is C18H28N2. The van der Waals surface area contributed by atoms with E-state index in [0.29, 0.717) is 0 Å². The predicted molar refractivity (Wildman–Crippen MR) is 86.3 cm³/mol. The first-order chi connectivity index (χ1) is 9.75. The van der Waals surface area contributed by atoms with Crippen molar-refractivity contribution in [1.82, 2.24) is 4.90 Å². The van der Waals surface area contributed by atoms with Crippen LogP contribution in [0.3, 0.4) is 0 Å². The van der Waals surface area contributed by atoms with Gasteiger partial charge in [-0.15, -0.1) is 0 Å². The summed E-state index contributed by atoms with van der Waals surface area (Å²) in [6.45, 7) is 9.58. The van der Waals surface area contributed by atoms with Crippen LogP contribution in [-0.4, -0.2) is 30.6 Å². The fourth-order valence-corrected chi connectivity index (χ4v) is 3.77. The Balaban J connectivity index is 1.77. The molecule has 1 atom stereocenters. The van der Waals surface area contributed by atoms with Gasteiger partial charge in [-0.1, -0.05) is 12.1 Å². The van der Waals surface area contributed by atoms with Crippen LogP contribution in [0, 0.1) is 6.92 Å². The second-order valence-corrected chi connectivity index (χ2v) is 6.57. The molecule has 2 fully saturated rings. The van der Waals surface area contributed by atoms with E-state index in [1.807, 2.05) is 0 Å². The molecule has 110 valence electrons. The Morgan fingerprint density at radius 2 is 1.85 bits per heavy atom. The quantitative estimate of drug-likeness (QED) is 0.821. The minimum Gasteiger partial charge on any atom is -0.371 e. The second kappa shape index (κ2) is 6.17. The molecule has 2 nitrogen and oxygen atoms in total. The number of anilines is 1.